The predicted octanol–water partition coefficient (Wildman–Crippen LogP) is 5.09. The van der Waals surface area contributed by atoms with E-state index < -0.39 is 11.0 Å². The largest absolute Gasteiger partial charge is 0.444 e. The van der Waals surface area contributed by atoms with Gasteiger partial charge in [-0.1, -0.05) is 13.8 Å². The molecule has 2 aliphatic heterocycles. The van der Waals surface area contributed by atoms with Crippen LogP contribution in [0.15, 0.2) is 30.5 Å². The van der Waals surface area contributed by atoms with Crippen LogP contribution >= 0.6 is 0 Å². The zero-order valence-corrected chi connectivity index (χ0v) is 23.2. The highest BCUT2D eigenvalue weighted by Crippen LogP contribution is 2.42. The lowest BCUT2D eigenvalue weighted by Gasteiger charge is -2.36. The van der Waals surface area contributed by atoms with Crippen LogP contribution < -0.4 is 15.1 Å². The highest BCUT2D eigenvalue weighted by molar-refractivity contribution is 6.07. The van der Waals surface area contributed by atoms with Crippen molar-refractivity contribution in [1.82, 2.24) is 14.9 Å². The number of amides is 2. The molecular weight excluding hydrogens is 468 g/mol. The molecule has 0 unspecified atom stereocenters. The third kappa shape index (κ3) is 5.50. The van der Waals surface area contributed by atoms with E-state index in [9.17, 15) is 9.59 Å². The average molecular weight is 509 g/mol. The van der Waals surface area contributed by atoms with Gasteiger partial charge in [-0.25, -0.2) is 9.78 Å². The van der Waals surface area contributed by atoms with Gasteiger partial charge in [0, 0.05) is 55.4 Å². The highest BCUT2D eigenvalue weighted by atomic mass is 16.6. The minimum Gasteiger partial charge on any atom is -0.444 e. The number of benzene rings is 1. The van der Waals surface area contributed by atoms with Gasteiger partial charge in [-0.3, -0.25) is 9.69 Å². The zero-order chi connectivity index (χ0) is 27.0. The van der Waals surface area contributed by atoms with Gasteiger partial charge >= 0.3 is 6.09 Å². The topological polar surface area (TPSA) is 90.9 Å². The first kappa shape index (κ1) is 26.7. The third-order valence-corrected chi connectivity index (χ3v) is 7.15. The predicted molar refractivity (Wildman–Crippen MR) is 147 cm³/mol. The summed E-state index contributed by atoms with van der Waals surface area (Å²) < 4.78 is 5.49. The SMILES string of the molecule is CCC(CC)N1C(=O)C(C)(C)c2cnc(Nc3ccc(N4CCN(C(=O)OC(C)(C)C)CC4)cc3)nc21. The molecule has 9 heteroatoms. The maximum Gasteiger partial charge on any atom is 0.410 e. The molecule has 1 N–H and O–H groups in total. The van der Waals surface area contributed by atoms with Gasteiger partial charge in [0.25, 0.3) is 0 Å². The van der Waals surface area contributed by atoms with Gasteiger partial charge in [-0.2, -0.15) is 4.98 Å². The molecule has 2 aromatic rings. The summed E-state index contributed by atoms with van der Waals surface area (Å²) in [6.45, 7) is 16.5. The molecule has 9 nitrogen and oxygen atoms in total. The van der Waals surface area contributed by atoms with Gasteiger partial charge in [0.15, 0.2) is 0 Å². The first-order valence-corrected chi connectivity index (χ1v) is 13.3. The van der Waals surface area contributed by atoms with Crippen molar-refractivity contribution in [3.63, 3.8) is 0 Å². The summed E-state index contributed by atoms with van der Waals surface area (Å²) in [7, 11) is 0. The minimum atomic E-state index is -0.633. The van der Waals surface area contributed by atoms with Crippen molar-refractivity contribution in [2.24, 2.45) is 0 Å². The van der Waals surface area contributed by atoms with Gasteiger partial charge < -0.3 is 19.9 Å². The van der Waals surface area contributed by atoms with Crippen LogP contribution in [0.1, 0.15) is 66.9 Å². The molecule has 0 atom stereocenters. The number of nitrogens with zero attached hydrogens (tertiary/aromatic N) is 5. The van der Waals surface area contributed by atoms with Crippen molar-refractivity contribution in [3.8, 4) is 0 Å². The molecule has 200 valence electrons. The van der Waals surface area contributed by atoms with Crippen LogP contribution in [0.2, 0.25) is 0 Å². The quantitative estimate of drug-likeness (QED) is 0.581. The Morgan fingerprint density at radius 3 is 2.27 bits per heavy atom. The lowest BCUT2D eigenvalue weighted by molar-refractivity contribution is -0.122. The molecule has 3 heterocycles. The van der Waals surface area contributed by atoms with Gasteiger partial charge in [0.05, 0.1) is 5.41 Å². The van der Waals surface area contributed by atoms with E-state index in [4.69, 9.17) is 9.72 Å². The number of carbonyl (C=O) groups excluding carboxylic acids is 2. The summed E-state index contributed by atoms with van der Waals surface area (Å²) in [4.78, 5) is 40.7. The second-order valence-electron chi connectivity index (χ2n) is 11.3. The van der Waals surface area contributed by atoms with E-state index in [0.29, 0.717) is 24.9 Å². The molecule has 1 aromatic carbocycles. The number of carbonyl (C=O) groups is 2. The number of hydrogen-bond donors (Lipinski definition) is 1. The lowest BCUT2D eigenvalue weighted by atomic mass is 9.88. The molecule has 4 rings (SSSR count). The number of hydrogen-bond acceptors (Lipinski definition) is 7. The van der Waals surface area contributed by atoms with Gasteiger partial charge in [-0.05, 0) is 71.7 Å². The number of fused-ring (bicyclic) bond motifs is 1. The monoisotopic (exact) mass is 508 g/mol. The number of ether oxygens (including phenoxy) is 1. The summed E-state index contributed by atoms with van der Waals surface area (Å²) in [5.41, 5.74) is 1.71. The molecule has 1 saturated heterocycles. The first-order valence-electron chi connectivity index (χ1n) is 13.3. The smallest absolute Gasteiger partial charge is 0.410 e. The lowest BCUT2D eigenvalue weighted by Crippen LogP contribution is -2.50. The standard InChI is InChI=1S/C28H40N6O3/c1-8-20(9-2)34-23-22(28(6,7)24(34)35)18-29-25(31-23)30-19-10-12-21(13-11-19)32-14-16-33(17-15-32)26(36)37-27(3,4)5/h10-13,18,20H,8-9,14-17H2,1-7H3,(H,29,30,31). The first-order chi connectivity index (χ1) is 17.4. The Morgan fingerprint density at radius 2 is 1.70 bits per heavy atom. The Labute approximate surface area is 220 Å². The fraction of sp³-hybridized carbons (Fsp3) is 0.571. The number of nitrogens with one attached hydrogen (secondary N) is 1. The summed E-state index contributed by atoms with van der Waals surface area (Å²) in [5.74, 6) is 1.26. The maximum atomic E-state index is 13.2. The zero-order valence-electron chi connectivity index (χ0n) is 23.2. The van der Waals surface area contributed by atoms with Crippen LogP contribution in [-0.2, 0) is 14.9 Å². The molecular formula is C28H40N6O3. The van der Waals surface area contributed by atoms with Crippen molar-refractivity contribution in [1.29, 1.82) is 0 Å². The summed E-state index contributed by atoms with van der Waals surface area (Å²) in [6, 6.07) is 8.23. The molecule has 0 aliphatic carbocycles. The van der Waals surface area contributed by atoms with E-state index in [2.05, 4.69) is 41.2 Å². The van der Waals surface area contributed by atoms with Gasteiger partial charge in [0.1, 0.15) is 11.4 Å². The average Bonchev–Trinajstić information content (AvgIpc) is 3.05. The molecule has 2 amide bonds. The van der Waals surface area contributed by atoms with E-state index in [1.807, 2.05) is 51.7 Å². The molecule has 1 aromatic heterocycles. The Balaban J connectivity index is 1.43. The number of piperazine rings is 1. The second-order valence-corrected chi connectivity index (χ2v) is 11.3. The molecule has 37 heavy (non-hydrogen) atoms. The van der Waals surface area contributed by atoms with Crippen LogP contribution in [0.25, 0.3) is 0 Å². The van der Waals surface area contributed by atoms with E-state index in [0.717, 1.165) is 42.9 Å². The van der Waals surface area contributed by atoms with E-state index >= 15 is 0 Å². The van der Waals surface area contributed by atoms with Gasteiger partial charge in [0.2, 0.25) is 11.9 Å². The molecule has 0 spiro atoms. The number of rotatable bonds is 6. The van der Waals surface area contributed by atoms with E-state index in [1.54, 1.807) is 11.1 Å². The Morgan fingerprint density at radius 1 is 1.08 bits per heavy atom. The van der Waals surface area contributed by atoms with E-state index in [1.165, 1.54) is 0 Å². The van der Waals surface area contributed by atoms with Crippen LogP contribution in [0.4, 0.5) is 27.9 Å². The summed E-state index contributed by atoms with van der Waals surface area (Å²) >= 11 is 0. The Hall–Kier alpha value is -3.36. The molecule has 2 aliphatic rings. The maximum absolute atomic E-state index is 13.2. The number of anilines is 4. The molecule has 0 saturated carbocycles. The fourth-order valence-electron chi connectivity index (χ4n) is 4.92. The summed E-state index contributed by atoms with van der Waals surface area (Å²) in [6.07, 6.45) is 3.27. The third-order valence-electron chi connectivity index (χ3n) is 7.15. The van der Waals surface area contributed by atoms with Crippen LogP contribution in [0.3, 0.4) is 0 Å². The van der Waals surface area contributed by atoms with E-state index in [-0.39, 0.29) is 18.0 Å². The van der Waals surface area contributed by atoms with Crippen molar-refractivity contribution < 1.29 is 14.3 Å². The van der Waals surface area contributed by atoms with Crippen LogP contribution in [0, 0.1) is 0 Å². The molecule has 0 radical (unpaired) electrons. The number of aromatic nitrogens is 2. The Kier molecular flexibility index (Phi) is 7.35. The van der Waals surface area contributed by atoms with Crippen LogP contribution in [0.5, 0.6) is 0 Å². The van der Waals surface area contributed by atoms with Crippen molar-refractivity contribution in [3.05, 3.63) is 36.0 Å². The Bertz CT molecular complexity index is 1130. The van der Waals surface area contributed by atoms with Crippen molar-refractivity contribution >= 4 is 35.1 Å². The molecule has 0 bridgehead atoms. The van der Waals surface area contributed by atoms with Crippen molar-refractivity contribution in [2.75, 3.05) is 41.3 Å². The fourth-order valence-corrected chi connectivity index (χ4v) is 4.92. The second kappa shape index (κ2) is 10.2. The van der Waals surface area contributed by atoms with Crippen molar-refractivity contribution in [2.45, 2.75) is 78.4 Å². The minimum absolute atomic E-state index is 0.0822. The summed E-state index contributed by atoms with van der Waals surface area (Å²) in [5, 5.41) is 3.30. The highest BCUT2D eigenvalue weighted by Gasteiger charge is 2.47. The van der Waals surface area contributed by atoms with Crippen LogP contribution in [-0.4, -0.2) is 64.7 Å². The molecule has 1 fully saturated rings. The van der Waals surface area contributed by atoms with Gasteiger partial charge in [-0.15, -0.1) is 0 Å². The normalized spacial score (nSPS) is 17.3.